The van der Waals surface area contributed by atoms with Crippen LogP contribution in [0.25, 0.3) is 10.6 Å². The number of aromatic nitrogens is 1. The Bertz CT molecular complexity index is 712. The number of halogens is 1. The summed E-state index contributed by atoms with van der Waals surface area (Å²) in [6.45, 7) is 0. The number of carbonyl (C=O) groups excluding carboxylic acids is 2. The molecule has 22 heavy (non-hydrogen) atoms. The first-order chi connectivity index (χ1) is 10.6. The summed E-state index contributed by atoms with van der Waals surface area (Å²) < 4.78 is 0. The molecule has 0 spiro atoms. The van der Waals surface area contributed by atoms with Crippen LogP contribution in [0.5, 0.6) is 0 Å². The van der Waals surface area contributed by atoms with E-state index in [4.69, 9.17) is 11.6 Å². The predicted molar refractivity (Wildman–Crippen MR) is 85.3 cm³/mol. The number of hydrazine groups is 1. The maximum atomic E-state index is 11.8. The van der Waals surface area contributed by atoms with E-state index in [1.165, 1.54) is 11.3 Å². The van der Waals surface area contributed by atoms with E-state index < -0.39 is 0 Å². The number of benzene rings is 1. The van der Waals surface area contributed by atoms with Gasteiger partial charge in [0.1, 0.15) is 5.01 Å². The van der Waals surface area contributed by atoms with Crippen molar-refractivity contribution in [3.8, 4) is 10.6 Å². The second-order valence-electron chi connectivity index (χ2n) is 5.11. The molecule has 114 valence electrons. The van der Waals surface area contributed by atoms with Crippen molar-refractivity contribution in [1.82, 2.24) is 15.8 Å². The quantitative estimate of drug-likeness (QED) is 0.843. The maximum Gasteiger partial charge on any atom is 0.244 e. The van der Waals surface area contributed by atoms with Gasteiger partial charge in [-0.2, -0.15) is 0 Å². The number of thiazole rings is 1. The Labute approximate surface area is 136 Å². The minimum Gasteiger partial charge on any atom is -0.273 e. The number of nitrogens with one attached hydrogen (secondary N) is 2. The van der Waals surface area contributed by atoms with E-state index in [1.54, 1.807) is 6.07 Å². The molecule has 0 aliphatic heterocycles. The average Bonchev–Trinajstić information content (AvgIpc) is 3.26. The van der Waals surface area contributed by atoms with Crippen molar-refractivity contribution in [2.24, 2.45) is 5.92 Å². The first-order valence-corrected chi connectivity index (χ1v) is 8.17. The molecule has 1 aromatic heterocycles. The number of nitrogens with zero attached hydrogens (tertiary/aromatic N) is 1. The van der Waals surface area contributed by atoms with Crippen molar-refractivity contribution in [1.29, 1.82) is 0 Å². The number of rotatable bonds is 4. The summed E-state index contributed by atoms with van der Waals surface area (Å²) in [6, 6.07) is 7.44. The summed E-state index contributed by atoms with van der Waals surface area (Å²) >= 11 is 7.57. The summed E-state index contributed by atoms with van der Waals surface area (Å²) in [7, 11) is 0. The zero-order valence-corrected chi connectivity index (χ0v) is 13.2. The van der Waals surface area contributed by atoms with Crippen LogP contribution in [-0.4, -0.2) is 16.8 Å². The monoisotopic (exact) mass is 335 g/mol. The molecule has 3 rings (SSSR count). The molecular weight excluding hydrogens is 322 g/mol. The molecule has 0 bridgehead atoms. The highest BCUT2D eigenvalue weighted by Gasteiger charge is 2.29. The standard InChI is InChI=1S/C15H14ClN3O2S/c16-12-4-2-1-3-11(12)15-17-10(8-22-15)7-13(20)18-19-14(21)9-5-6-9/h1-4,8-9H,5-7H2,(H,18,20)(H,19,21). The summed E-state index contributed by atoms with van der Waals surface area (Å²) in [5.41, 5.74) is 6.34. The van der Waals surface area contributed by atoms with E-state index >= 15 is 0 Å². The van der Waals surface area contributed by atoms with Crippen molar-refractivity contribution in [2.75, 3.05) is 0 Å². The van der Waals surface area contributed by atoms with Crippen LogP contribution in [-0.2, 0) is 16.0 Å². The molecule has 1 aliphatic carbocycles. The predicted octanol–water partition coefficient (Wildman–Crippen LogP) is 2.56. The van der Waals surface area contributed by atoms with E-state index in [1.807, 2.05) is 23.6 Å². The second kappa shape index (κ2) is 6.46. The normalized spacial score (nSPS) is 13.7. The highest BCUT2D eigenvalue weighted by atomic mass is 35.5. The number of carbonyl (C=O) groups is 2. The molecule has 1 aliphatic rings. The topological polar surface area (TPSA) is 71.1 Å². The van der Waals surface area contributed by atoms with Crippen LogP contribution < -0.4 is 10.9 Å². The third kappa shape index (κ3) is 3.64. The SMILES string of the molecule is O=C(Cc1csc(-c2ccccc2Cl)n1)NNC(=O)C1CC1. The molecular formula is C15H14ClN3O2S. The van der Waals surface area contributed by atoms with E-state index in [-0.39, 0.29) is 24.2 Å². The van der Waals surface area contributed by atoms with Gasteiger partial charge in [-0.15, -0.1) is 11.3 Å². The highest BCUT2D eigenvalue weighted by molar-refractivity contribution is 7.13. The third-order valence-electron chi connectivity index (χ3n) is 3.27. The maximum absolute atomic E-state index is 11.8. The molecule has 0 unspecified atom stereocenters. The van der Waals surface area contributed by atoms with E-state index in [2.05, 4.69) is 15.8 Å². The van der Waals surface area contributed by atoms with Crippen LogP contribution in [0.15, 0.2) is 29.6 Å². The van der Waals surface area contributed by atoms with Gasteiger partial charge in [-0.05, 0) is 18.9 Å². The Balaban J connectivity index is 1.58. The van der Waals surface area contributed by atoms with Crippen molar-refractivity contribution < 1.29 is 9.59 Å². The Morgan fingerprint density at radius 2 is 2.05 bits per heavy atom. The van der Waals surface area contributed by atoms with Crippen LogP contribution in [0.2, 0.25) is 5.02 Å². The van der Waals surface area contributed by atoms with Gasteiger partial charge in [0.05, 0.1) is 17.1 Å². The Hall–Kier alpha value is -1.92. The molecule has 0 atom stereocenters. The Kier molecular flexibility index (Phi) is 4.40. The van der Waals surface area contributed by atoms with Gasteiger partial charge in [0.2, 0.25) is 11.8 Å². The van der Waals surface area contributed by atoms with Crippen molar-refractivity contribution in [3.05, 3.63) is 40.4 Å². The van der Waals surface area contributed by atoms with Crippen LogP contribution in [0.1, 0.15) is 18.5 Å². The lowest BCUT2D eigenvalue weighted by atomic mass is 10.2. The smallest absolute Gasteiger partial charge is 0.244 e. The zero-order valence-electron chi connectivity index (χ0n) is 11.6. The molecule has 1 aromatic carbocycles. The van der Waals surface area contributed by atoms with Crippen LogP contribution in [0, 0.1) is 5.92 Å². The minimum atomic E-state index is -0.287. The second-order valence-corrected chi connectivity index (χ2v) is 6.38. The molecule has 1 saturated carbocycles. The van der Waals surface area contributed by atoms with Crippen molar-refractivity contribution >= 4 is 34.8 Å². The number of hydrogen-bond acceptors (Lipinski definition) is 4. The summed E-state index contributed by atoms with van der Waals surface area (Å²) in [5, 5.41) is 3.22. The van der Waals surface area contributed by atoms with Crippen LogP contribution >= 0.6 is 22.9 Å². The average molecular weight is 336 g/mol. The summed E-state index contributed by atoms with van der Waals surface area (Å²) in [5.74, 6) is -0.347. The van der Waals surface area contributed by atoms with Gasteiger partial charge in [-0.3, -0.25) is 20.4 Å². The lowest BCUT2D eigenvalue weighted by molar-refractivity contribution is -0.129. The lowest BCUT2D eigenvalue weighted by Gasteiger charge is -2.05. The third-order valence-corrected chi connectivity index (χ3v) is 4.52. The fourth-order valence-electron chi connectivity index (χ4n) is 1.93. The molecule has 2 amide bonds. The molecule has 5 nitrogen and oxygen atoms in total. The highest BCUT2D eigenvalue weighted by Crippen LogP contribution is 2.30. The lowest BCUT2D eigenvalue weighted by Crippen LogP contribution is -2.43. The fourth-order valence-corrected chi connectivity index (χ4v) is 3.07. The molecule has 2 N–H and O–H groups in total. The van der Waals surface area contributed by atoms with Gasteiger partial charge in [0.25, 0.3) is 0 Å². The Morgan fingerprint density at radius 1 is 1.27 bits per heavy atom. The van der Waals surface area contributed by atoms with Gasteiger partial charge >= 0.3 is 0 Å². The van der Waals surface area contributed by atoms with E-state index in [0.717, 1.165) is 23.4 Å². The largest absolute Gasteiger partial charge is 0.273 e. The molecule has 1 fully saturated rings. The van der Waals surface area contributed by atoms with Crippen molar-refractivity contribution in [3.63, 3.8) is 0 Å². The molecule has 0 radical (unpaired) electrons. The van der Waals surface area contributed by atoms with Gasteiger partial charge in [0.15, 0.2) is 0 Å². The number of amides is 2. The fraction of sp³-hybridized carbons (Fsp3) is 0.267. The van der Waals surface area contributed by atoms with Crippen LogP contribution in [0.3, 0.4) is 0 Å². The number of hydrogen-bond donors (Lipinski definition) is 2. The van der Waals surface area contributed by atoms with Gasteiger partial charge in [-0.1, -0.05) is 29.8 Å². The molecule has 2 aromatic rings. The summed E-state index contributed by atoms with van der Waals surface area (Å²) in [4.78, 5) is 27.6. The van der Waals surface area contributed by atoms with Gasteiger partial charge in [-0.25, -0.2) is 4.98 Å². The first-order valence-electron chi connectivity index (χ1n) is 6.91. The molecule has 0 saturated heterocycles. The van der Waals surface area contributed by atoms with E-state index in [0.29, 0.717) is 10.7 Å². The van der Waals surface area contributed by atoms with Crippen LogP contribution in [0.4, 0.5) is 0 Å². The minimum absolute atomic E-state index is 0.0615. The van der Waals surface area contributed by atoms with E-state index in [9.17, 15) is 9.59 Å². The molecule has 1 heterocycles. The first kappa shape index (κ1) is 15.0. The Morgan fingerprint density at radius 3 is 2.77 bits per heavy atom. The summed E-state index contributed by atoms with van der Waals surface area (Å²) in [6.07, 6.45) is 1.91. The van der Waals surface area contributed by atoms with Crippen molar-refractivity contribution in [2.45, 2.75) is 19.3 Å². The molecule has 7 heteroatoms. The zero-order chi connectivity index (χ0) is 15.5. The van der Waals surface area contributed by atoms with Gasteiger partial charge in [0, 0.05) is 16.9 Å². The van der Waals surface area contributed by atoms with Gasteiger partial charge < -0.3 is 0 Å².